The van der Waals surface area contributed by atoms with Gasteiger partial charge in [-0.15, -0.1) is 0 Å². The van der Waals surface area contributed by atoms with Crippen LogP contribution in [0.25, 0.3) is 0 Å². The molecule has 0 aromatic heterocycles. The number of esters is 1. The van der Waals surface area contributed by atoms with Crippen LogP contribution < -0.4 is 14.8 Å². The third-order valence-electron chi connectivity index (χ3n) is 3.29. The van der Waals surface area contributed by atoms with Crippen molar-refractivity contribution in [3.8, 4) is 11.5 Å². The summed E-state index contributed by atoms with van der Waals surface area (Å²) in [5.74, 6) is 0.770. The first kappa shape index (κ1) is 20.6. The van der Waals surface area contributed by atoms with Gasteiger partial charge in [-0.3, -0.25) is 4.79 Å². The first-order valence-corrected chi connectivity index (χ1v) is 7.95. The molecule has 1 aromatic carbocycles. The molecular weight excluding hydrogens is 326 g/mol. The van der Waals surface area contributed by atoms with E-state index in [1.807, 2.05) is 6.07 Å². The smallest absolute Gasteiger partial charge is 0.407 e. The van der Waals surface area contributed by atoms with E-state index in [-0.39, 0.29) is 6.42 Å². The van der Waals surface area contributed by atoms with Gasteiger partial charge in [-0.1, -0.05) is 6.07 Å². The Morgan fingerprint density at radius 3 is 2.24 bits per heavy atom. The molecule has 1 rings (SSSR count). The van der Waals surface area contributed by atoms with Gasteiger partial charge in [0.1, 0.15) is 5.60 Å². The van der Waals surface area contributed by atoms with Crippen molar-refractivity contribution in [2.24, 2.45) is 0 Å². The maximum absolute atomic E-state index is 12.0. The molecule has 1 amide bonds. The van der Waals surface area contributed by atoms with E-state index in [4.69, 9.17) is 18.9 Å². The van der Waals surface area contributed by atoms with Crippen LogP contribution in [0.1, 0.15) is 32.8 Å². The SMILES string of the molecule is COC(=O)CC(Cc1ccc(OC)c(OC)c1)NC(=O)OC(C)(C)C. The van der Waals surface area contributed by atoms with E-state index in [1.165, 1.54) is 7.11 Å². The summed E-state index contributed by atoms with van der Waals surface area (Å²) in [6.07, 6.45) is -0.138. The summed E-state index contributed by atoms with van der Waals surface area (Å²) in [7, 11) is 4.41. The molecule has 0 fully saturated rings. The summed E-state index contributed by atoms with van der Waals surface area (Å²) < 4.78 is 20.4. The van der Waals surface area contributed by atoms with Gasteiger partial charge >= 0.3 is 12.1 Å². The molecule has 7 heteroatoms. The van der Waals surface area contributed by atoms with Crippen molar-refractivity contribution in [1.29, 1.82) is 0 Å². The number of benzene rings is 1. The molecule has 0 saturated carbocycles. The van der Waals surface area contributed by atoms with Gasteiger partial charge in [-0.2, -0.15) is 0 Å². The average Bonchev–Trinajstić information content (AvgIpc) is 2.52. The molecule has 0 radical (unpaired) electrons. The topological polar surface area (TPSA) is 83.1 Å². The van der Waals surface area contributed by atoms with Crippen LogP contribution >= 0.6 is 0 Å². The molecule has 1 N–H and O–H groups in total. The fourth-order valence-electron chi connectivity index (χ4n) is 2.23. The van der Waals surface area contributed by atoms with E-state index >= 15 is 0 Å². The Balaban J connectivity index is 2.89. The fraction of sp³-hybridized carbons (Fsp3) is 0.556. The van der Waals surface area contributed by atoms with Gasteiger partial charge in [0.15, 0.2) is 11.5 Å². The number of carbonyl (C=O) groups is 2. The Kier molecular flexibility index (Phi) is 7.54. The van der Waals surface area contributed by atoms with E-state index in [9.17, 15) is 9.59 Å². The van der Waals surface area contributed by atoms with Gasteiger partial charge in [0, 0.05) is 6.04 Å². The maximum atomic E-state index is 12.0. The summed E-state index contributed by atoms with van der Waals surface area (Å²) in [5, 5.41) is 2.72. The molecule has 25 heavy (non-hydrogen) atoms. The molecule has 0 spiro atoms. The standard InChI is InChI=1S/C18H27NO6/c1-18(2,3)25-17(21)19-13(11-16(20)24-6)9-12-7-8-14(22-4)15(10-12)23-5/h7-8,10,13H,9,11H2,1-6H3,(H,19,21). The monoisotopic (exact) mass is 353 g/mol. The van der Waals surface area contributed by atoms with Crippen LogP contribution in [-0.4, -0.2) is 45.0 Å². The molecule has 0 aliphatic carbocycles. The van der Waals surface area contributed by atoms with Gasteiger partial charge in [0.05, 0.1) is 27.8 Å². The highest BCUT2D eigenvalue weighted by molar-refractivity contribution is 5.73. The minimum Gasteiger partial charge on any atom is -0.493 e. The number of methoxy groups -OCH3 is 3. The predicted octanol–water partition coefficient (Wildman–Crippen LogP) is 2.70. The second-order valence-corrected chi connectivity index (χ2v) is 6.52. The zero-order chi connectivity index (χ0) is 19.0. The highest BCUT2D eigenvalue weighted by atomic mass is 16.6. The Labute approximate surface area is 148 Å². The summed E-state index contributed by atoms with van der Waals surface area (Å²) >= 11 is 0. The fourth-order valence-corrected chi connectivity index (χ4v) is 2.23. The van der Waals surface area contributed by atoms with Gasteiger partial charge < -0.3 is 24.3 Å². The number of amides is 1. The predicted molar refractivity (Wildman–Crippen MR) is 93.0 cm³/mol. The van der Waals surface area contributed by atoms with Gasteiger partial charge in [0.25, 0.3) is 0 Å². The van der Waals surface area contributed by atoms with E-state index < -0.39 is 23.7 Å². The molecule has 1 atom stereocenters. The molecule has 7 nitrogen and oxygen atoms in total. The number of alkyl carbamates (subject to hydrolysis) is 1. The van der Waals surface area contributed by atoms with E-state index in [0.29, 0.717) is 17.9 Å². The van der Waals surface area contributed by atoms with Crippen molar-refractivity contribution >= 4 is 12.1 Å². The summed E-state index contributed by atoms with van der Waals surface area (Å²) in [6.45, 7) is 5.32. The van der Waals surface area contributed by atoms with Crippen LogP contribution in [0.3, 0.4) is 0 Å². The number of nitrogens with one attached hydrogen (secondary N) is 1. The van der Waals surface area contributed by atoms with Crippen molar-refractivity contribution in [2.45, 2.75) is 45.3 Å². The van der Waals surface area contributed by atoms with Gasteiger partial charge in [-0.25, -0.2) is 4.79 Å². The summed E-state index contributed by atoms with van der Waals surface area (Å²) in [4.78, 5) is 23.7. The summed E-state index contributed by atoms with van der Waals surface area (Å²) in [5.41, 5.74) is 0.256. The molecular formula is C18H27NO6. The average molecular weight is 353 g/mol. The Morgan fingerprint density at radius 1 is 1.08 bits per heavy atom. The van der Waals surface area contributed by atoms with Crippen LogP contribution in [0.2, 0.25) is 0 Å². The number of hydrogen-bond acceptors (Lipinski definition) is 6. The van der Waals surface area contributed by atoms with E-state index in [0.717, 1.165) is 5.56 Å². The van der Waals surface area contributed by atoms with Crippen molar-refractivity contribution in [1.82, 2.24) is 5.32 Å². The van der Waals surface area contributed by atoms with Crippen molar-refractivity contribution in [2.75, 3.05) is 21.3 Å². The molecule has 0 aliphatic heterocycles. The van der Waals surface area contributed by atoms with Crippen molar-refractivity contribution < 1.29 is 28.5 Å². The minimum atomic E-state index is -0.622. The Bertz CT molecular complexity index is 594. The van der Waals surface area contributed by atoms with Crippen molar-refractivity contribution in [3.05, 3.63) is 23.8 Å². The van der Waals surface area contributed by atoms with Crippen LogP contribution in [0.15, 0.2) is 18.2 Å². The Morgan fingerprint density at radius 2 is 1.72 bits per heavy atom. The second kappa shape index (κ2) is 9.15. The van der Waals surface area contributed by atoms with Gasteiger partial charge in [0.2, 0.25) is 0 Å². The van der Waals surface area contributed by atoms with Crippen LogP contribution in [0.5, 0.6) is 11.5 Å². The van der Waals surface area contributed by atoms with Crippen LogP contribution in [0, 0.1) is 0 Å². The molecule has 0 saturated heterocycles. The summed E-state index contributed by atoms with van der Waals surface area (Å²) in [6, 6.07) is 4.96. The number of rotatable bonds is 7. The number of carbonyl (C=O) groups excluding carboxylic acids is 2. The maximum Gasteiger partial charge on any atom is 0.407 e. The van der Waals surface area contributed by atoms with E-state index in [1.54, 1.807) is 47.1 Å². The van der Waals surface area contributed by atoms with Crippen molar-refractivity contribution in [3.63, 3.8) is 0 Å². The highest BCUT2D eigenvalue weighted by Crippen LogP contribution is 2.28. The third-order valence-corrected chi connectivity index (χ3v) is 3.29. The van der Waals surface area contributed by atoms with Gasteiger partial charge in [-0.05, 0) is 44.9 Å². The zero-order valence-corrected chi connectivity index (χ0v) is 15.7. The lowest BCUT2D eigenvalue weighted by atomic mass is 10.0. The lowest BCUT2D eigenvalue weighted by Gasteiger charge is -2.23. The third kappa shape index (κ3) is 7.32. The zero-order valence-electron chi connectivity index (χ0n) is 15.7. The largest absolute Gasteiger partial charge is 0.493 e. The first-order chi connectivity index (χ1) is 11.7. The first-order valence-electron chi connectivity index (χ1n) is 7.95. The number of hydrogen-bond donors (Lipinski definition) is 1. The normalized spacial score (nSPS) is 12.1. The highest BCUT2D eigenvalue weighted by Gasteiger charge is 2.22. The lowest BCUT2D eigenvalue weighted by molar-refractivity contribution is -0.141. The van der Waals surface area contributed by atoms with E-state index in [2.05, 4.69) is 5.32 Å². The number of ether oxygens (including phenoxy) is 4. The second-order valence-electron chi connectivity index (χ2n) is 6.52. The molecule has 1 aromatic rings. The quantitative estimate of drug-likeness (QED) is 0.759. The van der Waals surface area contributed by atoms with Crippen LogP contribution in [0.4, 0.5) is 4.79 Å². The molecule has 1 unspecified atom stereocenters. The molecule has 140 valence electrons. The minimum absolute atomic E-state index is 0.0318. The lowest BCUT2D eigenvalue weighted by Crippen LogP contribution is -2.41. The molecule has 0 bridgehead atoms. The molecule has 0 aliphatic rings. The molecule has 0 heterocycles. The van der Waals surface area contributed by atoms with Crippen LogP contribution in [-0.2, 0) is 20.7 Å². The Hall–Kier alpha value is -2.44.